The smallest absolute Gasteiger partial charge is 0.335 e. The summed E-state index contributed by atoms with van der Waals surface area (Å²) in [6, 6.07) is 10.9. The van der Waals surface area contributed by atoms with Crippen LogP contribution >= 0.6 is 0 Å². The second-order valence-electron chi connectivity index (χ2n) is 4.71. The zero-order valence-corrected chi connectivity index (χ0v) is 11.7. The Morgan fingerprint density at radius 1 is 1.27 bits per heavy atom. The van der Waals surface area contributed by atoms with E-state index in [1.165, 1.54) is 18.2 Å². The number of non-ortho nitro benzene ring substituents is 1. The molecule has 0 saturated heterocycles. The largest absolute Gasteiger partial charge is 0.478 e. The van der Waals surface area contributed by atoms with Gasteiger partial charge in [0, 0.05) is 18.7 Å². The van der Waals surface area contributed by atoms with E-state index in [0.29, 0.717) is 24.3 Å². The maximum atomic E-state index is 10.9. The molecule has 0 aliphatic carbocycles. The van der Waals surface area contributed by atoms with Gasteiger partial charge in [-0.05, 0) is 30.2 Å². The fourth-order valence-corrected chi connectivity index (χ4v) is 2.03. The van der Waals surface area contributed by atoms with Gasteiger partial charge in [-0.3, -0.25) is 10.1 Å². The molecule has 0 amide bonds. The molecule has 0 aromatic heterocycles. The summed E-state index contributed by atoms with van der Waals surface area (Å²) < 4.78 is 0. The third kappa shape index (κ3) is 3.72. The number of carboxylic acids is 1. The lowest BCUT2D eigenvalue weighted by atomic mass is 10.1. The molecule has 0 saturated carbocycles. The number of nitrogen functional groups attached to an aromatic ring is 1. The molecular formula is C15H15N3O4. The van der Waals surface area contributed by atoms with Crippen LogP contribution in [0.15, 0.2) is 42.5 Å². The summed E-state index contributed by atoms with van der Waals surface area (Å²) in [6.07, 6.45) is 0.609. The van der Waals surface area contributed by atoms with Crippen LogP contribution in [0.1, 0.15) is 15.9 Å². The third-order valence-electron chi connectivity index (χ3n) is 3.15. The van der Waals surface area contributed by atoms with Gasteiger partial charge in [0.25, 0.3) is 5.69 Å². The molecule has 0 unspecified atom stereocenters. The molecular weight excluding hydrogens is 286 g/mol. The summed E-state index contributed by atoms with van der Waals surface area (Å²) in [5.74, 6) is -0.963. The van der Waals surface area contributed by atoms with Gasteiger partial charge in [0.15, 0.2) is 0 Å². The van der Waals surface area contributed by atoms with E-state index in [9.17, 15) is 14.9 Å². The molecule has 0 bridgehead atoms. The summed E-state index contributed by atoms with van der Waals surface area (Å²) in [7, 11) is 0. The van der Waals surface area contributed by atoms with Crippen LogP contribution in [0.2, 0.25) is 0 Å². The predicted molar refractivity (Wildman–Crippen MR) is 83.1 cm³/mol. The monoisotopic (exact) mass is 301 g/mol. The predicted octanol–water partition coefficient (Wildman–Crippen LogP) is 2.53. The zero-order valence-electron chi connectivity index (χ0n) is 11.7. The molecule has 0 radical (unpaired) electrons. The van der Waals surface area contributed by atoms with Gasteiger partial charge in [0.2, 0.25) is 0 Å². The van der Waals surface area contributed by atoms with Gasteiger partial charge in [0.05, 0.1) is 21.9 Å². The van der Waals surface area contributed by atoms with Crippen LogP contribution in [0.3, 0.4) is 0 Å². The first-order chi connectivity index (χ1) is 10.5. The standard InChI is InChI=1S/C15H15N3O4/c16-13-9-12(18(21)22)4-5-14(13)17-7-6-10-2-1-3-11(8-10)15(19)20/h1-5,8-9,17H,6-7,16H2,(H,19,20). The molecule has 7 heteroatoms. The second-order valence-corrected chi connectivity index (χ2v) is 4.71. The highest BCUT2D eigenvalue weighted by Gasteiger charge is 2.08. The van der Waals surface area contributed by atoms with Gasteiger partial charge in [-0.1, -0.05) is 12.1 Å². The summed E-state index contributed by atoms with van der Waals surface area (Å²) in [4.78, 5) is 21.0. The molecule has 0 aliphatic rings. The third-order valence-corrected chi connectivity index (χ3v) is 3.15. The molecule has 0 fully saturated rings. The first-order valence-electron chi connectivity index (χ1n) is 6.57. The van der Waals surface area contributed by atoms with Crippen LogP contribution in [0.5, 0.6) is 0 Å². The number of carboxylic acid groups (broad SMARTS) is 1. The molecule has 22 heavy (non-hydrogen) atoms. The highest BCUT2D eigenvalue weighted by molar-refractivity contribution is 5.87. The topological polar surface area (TPSA) is 118 Å². The van der Waals surface area contributed by atoms with E-state index in [0.717, 1.165) is 5.56 Å². The van der Waals surface area contributed by atoms with E-state index in [4.69, 9.17) is 10.8 Å². The lowest BCUT2D eigenvalue weighted by Gasteiger charge is -2.09. The number of aromatic carboxylic acids is 1. The van der Waals surface area contributed by atoms with Crippen LogP contribution in [0.4, 0.5) is 17.1 Å². The van der Waals surface area contributed by atoms with E-state index in [-0.39, 0.29) is 11.3 Å². The minimum atomic E-state index is -0.963. The number of rotatable bonds is 6. The number of nitro benzene ring substituents is 1. The maximum Gasteiger partial charge on any atom is 0.335 e. The fourth-order valence-electron chi connectivity index (χ4n) is 2.03. The molecule has 0 spiro atoms. The van der Waals surface area contributed by atoms with Crippen molar-refractivity contribution in [1.29, 1.82) is 0 Å². The SMILES string of the molecule is Nc1cc([N+](=O)[O-])ccc1NCCc1cccc(C(=O)O)c1. The van der Waals surface area contributed by atoms with Crippen LogP contribution in [0, 0.1) is 10.1 Å². The average Bonchev–Trinajstić information content (AvgIpc) is 2.49. The van der Waals surface area contributed by atoms with Crippen LogP contribution in [-0.4, -0.2) is 22.5 Å². The fraction of sp³-hybridized carbons (Fsp3) is 0.133. The van der Waals surface area contributed by atoms with Gasteiger partial charge in [-0.2, -0.15) is 0 Å². The van der Waals surface area contributed by atoms with Crippen LogP contribution in [-0.2, 0) is 6.42 Å². The van der Waals surface area contributed by atoms with Crippen molar-refractivity contribution in [3.63, 3.8) is 0 Å². The maximum absolute atomic E-state index is 10.9. The molecule has 4 N–H and O–H groups in total. The minimum absolute atomic E-state index is 0.0581. The van der Waals surface area contributed by atoms with E-state index >= 15 is 0 Å². The Labute approximate surface area is 126 Å². The van der Waals surface area contributed by atoms with E-state index in [2.05, 4.69) is 5.32 Å². The van der Waals surface area contributed by atoms with Crippen molar-refractivity contribution in [3.05, 3.63) is 63.7 Å². The summed E-state index contributed by atoms with van der Waals surface area (Å²) in [5, 5.41) is 22.6. The van der Waals surface area contributed by atoms with E-state index < -0.39 is 10.9 Å². The Balaban J connectivity index is 1.98. The Hall–Kier alpha value is -3.09. The van der Waals surface area contributed by atoms with Crippen molar-refractivity contribution in [3.8, 4) is 0 Å². The number of benzene rings is 2. The van der Waals surface area contributed by atoms with Gasteiger partial charge in [-0.25, -0.2) is 4.79 Å². The Morgan fingerprint density at radius 2 is 2.05 bits per heavy atom. The zero-order chi connectivity index (χ0) is 16.1. The quantitative estimate of drug-likeness (QED) is 0.428. The summed E-state index contributed by atoms with van der Waals surface area (Å²) in [6.45, 7) is 0.533. The summed E-state index contributed by atoms with van der Waals surface area (Å²) >= 11 is 0. The molecule has 7 nitrogen and oxygen atoms in total. The van der Waals surface area contributed by atoms with E-state index in [1.807, 2.05) is 6.07 Å². The van der Waals surface area contributed by atoms with Crippen molar-refractivity contribution in [2.75, 3.05) is 17.6 Å². The first kappa shape index (κ1) is 15.3. The van der Waals surface area contributed by atoms with Crippen molar-refractivity contribution >= 4 is 23.0 Å². The molecule has 2 aromatic rings. The highest BCUT2D eigenvalue weighted by atomic mass is 16.6. The second kappa shape index (κ2) is 6.57. The van der Waals surface area contributed by atoms with Gasteiger partial charge in [-0.15, -0.1) is 0 Å². The number of nitrogens with two attached hydrogens (primary N) is 1. The summed E-state index contributed by atoms with van der Waals surface area (Å²) in [5.41, 5.74) is 7.74. The molecule has 0 heterocycles. The molecule has 114 valence electrons. The van der Waals surface area contributed by atoms with Crippen molar-refractivity contribution < 1.29 is 14.8 Å². The van der Waals surface area contributed by atoms with Crippen molar-refractivity contribution in [2.45, 2.75) is 6.42 Å². The minimum Gasteiger partial charge on any atom is -0.478 e. The molecule has 0 atom stereocenters. The van der Waals surface area contributed by atoms with Crippen LogP contribution in [0.25, 0.3) is 0 Å². The normalized spacial score (nSPS) is 10.2. The lowest BCUT2D eigenvalue weighted by molar-refractivity contribution is -0.384. The number of nitro groups is 1. The van der Waals surface area contributed by atoms with Crippen molar-refractivity contribution in [1.82, 2.24) is 0 Å². The van der Waals surface area contributed by atoms with Gasteiger partial charge >= 0.3 is 5.97 Å². The van der Waals surface area contributed by atoms with E-state index in [1.54, 1.807) is 18.2 Å². The Kier molecular flexibility index (Phi) is 4.57. The van der Waals surface area contributed by atoms with Crippen LogP contribution < -0.4 is 11.1 Å². The average molecular weight is 301 g/mol. The number of hydrogen-bond donors (Lipinski definition) is 3. The van der Waals surface area contributed by atoms with Gasteiger partial charge in [0.1, 0.15) is 0 Å². The Bertz CT molecular complexity index is 716. The number of nitrogens with one attached hydrogen (secondary N) is 1. The number of hydrogen-bond acceptors (Lipinski definition) is 5. The number of nitrogens with zero attached hydrogens (tertiary/aromatic N) is 1. The molecule has 2 rings (SSSR count). The lowest BCUT2D eigenvalue weighted by Crippen LogP contribution is -2.08. The molecule has 0 aliphatic heterocycles. The first-order valence-corrected chi connectivity index (χ1v) is 6.57. The number of carbonyl (C=O) groups is 1. The highest BCUT2D eigenvalue weighted by Crippen LogP contribution is 2.24. The number of anilines is 2. The van der Waals surface area contributed by atoms with Gasteiger partial charge < -0.3 is 16.2 Å². The Morgan fingerprint density at radius 3 is 2.68 bits per heavy atom. The molecule has 2 aromatic carbocycles. The van der Waals surface area contributed by atoms with Crippen molar-refractivity contribution in [2.24, 2.45) is 0 Å².